The van der Waals surface area contributed by atoms with Crippen LogP contribution in [-0.4, -0.2) is 30.3 Å². The van der Waals surface area contributed by atoms with Crippen LogP contribution in [0.2, 0.25) is 0 Å². The molecule has 0 amide bonds. The van der Waals surface area contributed by atoms with Crippen LogP contribution >= 0.6 is 0 Å². The van der Waals surface area contributed by atoms with Crippen molar-refractivity contribution in [3.63, 3.8) is 0 Å². The van der Waals surface area contributed by atoms with Gasteiger partial charge in [0.05, 0.1) is 7.11 Å². The van der Waals surface area contributed by atoms with Crippen molar-refractivity contribution in [2.75, 3.05) is 7.11 Å². The first kappa shape index (κ1) is 19.0. The van der Waals surface area contributed by atoms with Gasteiger partial charge < -0.3 is 14.6 Å². The van der Waals surface area contributed by atoms with Crippen molar-refractivity contribution in [2.24, 2.45) is 0 Å². The van der Waals surface area contributed by atoms with Crippen LogP contribution in [0.4, 0.5) is 0 Å². The van der Waals surface area contributed by atoms with Gasteiger partial charge >= 0.3 is 11.9 Å². The molecule has 0 spiro atoms. The highest BCUT2D eigenvalue weighted by atomic mass is 16.5. The predicted octanol–water partition coefficient (Wildman–Crippen LogP) is 3.90. The number of carbonyl (C=O) groups excluding carboxylic acids is 1. The Morgan fingerprint density at radius 2 is 1.92 bits per heavy atom. The van der Waals surface area contributed by atoms with E-state index in [1.165, 1.54) is 25.5 Å². The zero-order chi connectivity index (χ0) is 18.1. The highest BCUT2D eigenvalue weighted by Crippen LogP contribution is 2.23. The zero-order valence-electron chi connectivity index (χ0n) is 14.7. The molecule has 0 fully saturated rings. The number of aliphatic carboxylic acids is 1. The molecule has 0 aliphatic heterocycles. The smallest absolute Gasteiger partial charge is 0.344 e. The molecule has 0 aromatic heterocycles. The number of hydrogen-bond acceptors (Lipinski definition) is 4. The molecule has 5 nitrogen and oxygen atoms in total. The second-order valence-corrected chi connectivity index (χ2v) is 6.31. The first-order valence-corrected chi connectivity index (χ1v) is 8.81. The maximum Gasteiger partial charge on any atom is 0.344 e. The fourth-order valence-electron chi connectivity index (χ4n) is 2.93. The number of methoxy groups -OCH3 is 1. The molecule has 1 aliphatic rings. The topological polar surface area (TPSA) is 72.8 Å². The maximum absolute atomic E-state index is 11.5. The lowest BCUT2D eigenvalue weighted by molar-refractivity contribution is -0.145. The Kier molecular flexibility index (Phi) is 7.51. The number of ether oxygens (including phenoxy) is 2. The number of allylic oxidation sites excluding steroid dienone is 2. The quantitative estimate of drug-likeness (QED) is 0.542. The number of carbonyl (C=O) groups is 2. The summed E-state index contributed by atoms with van der Waals surface area (Å²) < 4.78 is 10.3. The van der Waals surface area contributed by atoms with Gasteiger partial charge in [0, 0.05) is 6.42 Å². The third kappa shape index (κ3) is 6.61. The molecule has 5 heteroatoms. The van der Waals surface area contributed by atoms with Crippen molar-refractivity contribution >= 4 is 11.9 Å². The van der Waals surface area contributed by atoms with E-state index in [-0.39, 0.29) is 5.97 Å². The van der Waals surface area contributed by atoms with E-state index in [1.807, 2.05) is 12.1 Å². The summed E-state index contributed by atoms with van der Waals surface area (Å²) in [4.78, 5) is 22.6. The number of hydrogen-bond donors (Lipinski definition) is 1. The summed E-state index contributed by atoms with van der Waals surface area (Å²) >= 11 is 0. The predicted molar refractivity (Wildman–Crippen MR) is 94.6 cm³/mol. The second-order valence-electron chi connectivity index (χ2n) is 6.31. The largest absolute Gasteiger partial charge is 0.479 e. The van der Waals surface area contributed by atoms with Crippen molar-refractivity contribution in [3.8, 4) is 5.75 Å². The maximum atomic E-state index is 11.5. The Bertz CT molecular complexity index is 603. The van der Waals surface area contributed by atoms with E-state index >= 15 is 0 Å². The fourth-order valence-corrected chi connectivity index (χ4v) is 2.93. The Balaban J connectivity index is 1.87. The number of esters is 1. The van der Waals surface area contributed by atoms with Crippen LogP contribution in [0.5, 0.6) is 5.75 Å². The summed E-state index contributed by atoms with van der Waals surface area (Å²) in [5, 5.41) is 9.40. The number of rotatable bonds is 9. The second kappa shape index (κ2) is 9.87. The highest BCUT2D eigenvalue weighted by molar-refractivity contribution is 5.72. The average Bonchev–Trinajstić information content (AvgIpc) is 2.64. The molecule has 136 valence electrons. The normalized spacial score (nSPS) is 15.2. The molecule has 1 unspecified atom stereocenters. The number of aryl methyl sites for hydroxylation is 1. The Morgan fingerprint density at radius 1 is 1.16 bits per heavy atom. The van der Waals surface area contributed by atoms with E-state index in [0.29, 0.717) is 25.0 Å². The molecule has 0 heterocycles. The molecule has 1 aromatic carbocycles. The molecular formula is C20H26O5. The summed E-state index contributed by atoms with van der Waals surface area (Å²) in [5.41, 5.74) is 2.33. The first-order chi connectivity index (χ1) is 12.1. The molecule has 0 radical (unpaired) electrons. The Morgan fingerprint density at radius 3 is 2.52 bits per heavy atom. The summed E-state index contributed by atoms with van der Waals surface area (Å²) in [6.07, 6.45) is 8.14. The van der Waals surface area contributed by atoms with E-state index in [0.717, 1.165) is 24.8 Å². The Hall–Kier alpha value is -2.30. The number of benzene rings is 1. The molecule has 1 atom stereocenters. The monoisotopic (exact) mass is 346 g/mol. The SMILES string of the molecule is COC(=O)CCc1ccc(OC(CCC2=CCCCC2)C(=O)O)cc1. The number of carboxylic acid groups (broad SMARTS) is 1. The van der Waals surface area contributed by atoms with Gasteiger partial charge in [0.1, 0.15) is 5.75 Å². The molecule has 1 aromatic rings. The number of carboxylic acids is 1. The standard InChI is InChI=1S/C20H26O5/c1-24-19(21)14-10-16-7-11-17(12-8-16)25-18(20(22)23)13-9-15-5-3-2-4-6-15/h5,7-8,11-12,18H,2-4,6,9-10,13-14H2,1H3,(H,22,23). The third-order valence-electron chi connectivity index (χ3n) is 4.44. The van der Waals surface area contributed by atoms with Gasteiger partial charge in [-0.05, 0) is 62.6 Å². The van der Waals surface area contributed by atoms with Crippen LogP contribution in [0.25, 0.3) is 0 Å². The van der Waals surface area contributed by atoms with Crippen molar-refractivity contribution in [1.82, 2.24) is 0 Å². The molecule has 0 saturated carbocycles. The van der Waals surface area contributed by atoms with Crippen molar-refractivity contribution < 1.29 is 24.2 Å². The molecule has 2 rings (SSSR count). The van der Waals surface area contributed by atoms with E-state index in [9.17, 15) is 14.7 Å². The van der Waals surface area contributed by atoms with E-state index in [2.05, 4.69) is 10.8 Å². The van der Waals surface area contributed by atoms with Gasteiger partial charge in [-0.2, -0.15) is 0 Å². The summed E-state index contributed by atoms with van der Waals surface area (Å²) in [5.74, 6) is -0.652. The van der Waals surface area contributed by atoms with Crippen LogP contribution in [0.3, 0.4) is 0 Å². The minimum absolute atomic E-state index is 0.247. The van der Waals surface area contributed by atoms with Crippen molar-refractivity contribution in [3.05, 3.63) is 41.5 Å². The van der Waals surface area contributed by atoms with E-state index in [4.69, 9.17) is 4.74 Å². The van der Waals surface area contributed by atoms with Crippen LogP contribution in [0.15, 0.2) is 35.9 Å². The van der Waals surface area contributed by atoms with E-state index < -0.39 is 12.1 Å². The van der Waals surface area contributed by atoms with Gasteiger partial charge in [0.15, 0.2) is 6.10 Å². The lowest BCUT2D eigenvalue weighted by atomic mass is 9.95. The van der Waals surface area contributed by atoms with Gasteiger partial charge in [-0.1, -0.05) is 23.8 Å². The summed E-state index contributed by atoms with van der Waals surface area (Å²) in [7, 11) is 1.37. The molecule has 1 N–H and O–H groups in total. The highest BCUT2D eigenvalue weighted by Gasteiger charge is 2.20. The first-order valence-electron chi connectivity index (χ1n) is 8.81. The van der Waals surface area contributed by atoms with Crippen molar-refractivity contribution in [1.29, 1.82) is 0 Å². The van der Waals surface area contributed by atoms with Gasteiger partial charge in [0.25, 0.3) is 0 Å². The molecule has 1 aliphatic carbocycles. The van der Waals surface area contributed by atoms with Crippen LogP contribution in [-0.2, 0) is 20.7 Å². The van der Waals surface area contributed by atoms with Crippen LogP contribution < -0.4 is 4.74 Å². The van der Waals surface area contributed by atoms with Gasteiger partial charge in [-0.25, -0.2) is 4.79 Å². The fraction of sp³-hybridized carbons (Fsp3) is 0.500. The van der Waals surface area contributed by atoms with Gasteiger partial charge in [-0.15, -0.1) is 0 Å². The zero-order valence-corrected chi connectivity index (χ0v) is 14.7. The summed E-state index contributed by atoms with van der Waals surface area (Å²) in [6.45, 7) is 0. The lowest BCUT2D eigenvalue weighted by Crippen LogP contribution is -2.27. The summed E-state index contributed by atoms with van der Waals surface area (Å²) in [6, 6.07) is 7.20. The van der Waals surface area contributed by atoms with Crippen molar-refractivity contribution in [2.45, 2.75) is 57.5 Å². The molecule has 25 heavy (non-hydrogen) atoms. The van der Waals surface area contributed by atoms with Crippen LogP contribution in [0.1, 0.15) is 50.5 Å². The molecule has 0 saturated heterocycles. The van der Waals surface area contributed by atoms with Gasteiger partial charge in [-0.3, -0.25) is 4.79 Å². The van der Waals surface area contributed by atoms with E-state index in [1.54, 1.807) is 12.1 Å². The molecular weight excluding hydrogens is 320 g/mol. The van der Waals surface area contributed by atoms with Crippen LogP contribution in [0, 0.1) is 0 Å². The average molecular weight is 346 g/mol. The Labute approximate surface area is 148 Å². The van der Waals surface area contributed by atoms with Gasteiger partial charge in [0.2, 0.25) is 0 Å². The third-order valence-corrected chi connectivity index (χ3v) is 4.44. The minimum atomic E-state index is -0.939. The lowest BCUT2D eigenvalue weighted by Gasteiger charge is -2.18. The minimum Gasteiger partial charge on any atom is -0.479 e. The molecule has 0 bridgehead atoms.